The Balaban J connectivity index is 1.20. The number of nitrogens with zero attached hydrogens (tertiary/aromatic N) is 7. The predicted octanol–water partition coefficient (Wildman–Crippen LogP) is 3.68. The molecule has 188 valence electrons. The lowest BCUT2D eigenvalue weighted by molar-refractivity contribution is 0.122. The summed E-state index contributed by atoms with van der Waals surface area (Å²) in [6, 6.07) is 9.48. The van der Waals surface area contributed by atoms with Crippen LogP contribution >= 0.6 is 0 Å². The standard InChI is InChI=1S/C24H28FN9O2/c1-16-4-5-34(32-16)20-10-19(11-21(35)12-20)29-18-3-2-17(26-13-18)14-28-31-24-27-15-22(25)23(30-24)33-6-8-36-9-7-33/h2-3,10-13,15-16,29,32,35H,4-9,14H2,1H3. The minimum atomic E-state index is -0.495. The van der Waals surface area contributed by atoms with Gasteiger partial charge in [0, 0.05) is 43.5 Å². The first-order valence-electron chi connectivity index (χ1n) is 11.9. The van der Waals surface area contributed by atoms with Crippen LogP contribution in [0.3, 0.4) is 0 Å². The lowest BCUT2D eigenvalue weighted by Gasteiger charge is -2.27. The number of rotatable bonds is 7. The maximum absolute atomic E-state index is 14.2. The summed E-state index contributed by atoms with van der Waals surface area (Å²) in [5.41, 5.74) is 6.50. The molecule has 4 heterocycles. The van der Waals surface area contributed by atoms with Gasteiger partial charge in [0.05, 0.1) is 42.7 Å². The van der Waals surface area contributed by atoms with Gasteiger partial charge in [-0.05, 0) is 31.5 Å². The molecule has 2 aliphatic rings. The van der Waals surface area contributed by atoms with Crippen LogP contribution in [0, 0.1) is 5.82 Å². The number of phenols is 1. The van der Waals surface area contributed by atoms with Crippen LogP contribution in [0.1, 0.15) is 19.0 Å². The molecule has 0 spiro atoms. The number of nitrogens with one attached hydrogen (secondary N) is 2. The van der Waals surface area contributed by atoms with Crippen LogP contribution in [0.5, 0.6) is 5.75 Å². The van der Waals surface area contributed by atoms with Crippen molar-refractivity contribution in [2.24, 2.45) is 10.2 Å². The number of hydrazine groups is 1. The van der Waals surface area contributed by atoms with E-state index in [0.29, 0.717) is 38.0 Å². The molecule has 2 saturated heterocycles. The van der Waals surface area contributed by atoms with E-state index in [2.05, 4.69) is 42.8 Å². The van der Waals surface area contributed by atoms with E-state index in [1.54, 1.807) is 18.3 Å². The third kappa shape index (κ3) is 5.83. The van der Waals surface area contributed by atoms with Crippen LogP contribution in [-0.2, 0) is 11.3 Å². The van der Waals surface area contributed by atoms with E-state index < -0.39 is 5.82 Å². The van der Waals surface area contributed by atoms with Gasteiger partial charge in [0.1, 0.15) is 12.3 Å². The molecule has 1 atom stereocenters. The molecule has 2 fully saturated rings. The monoisotopic (exact) mass is 493 g/mol. The number of pyridine rings is 1. The minimum Gasteiger partial charge on any atom is -0.508 e. The normalized spacial score (nSPS) is 18.2. The highest BCUT2D eigenvalue weighted by molar-refractivity contribution is 5.67. The van der Waals surface area contributed by atoms with Gasteiger partial charge in [-0.1, -0.05) is 0 Å². The van der Waals surface area contributed by atoms with Crippen molar-refractivity contribution < 1.29 is 14.2 Å². The fourth-order valence-electron chi connectivity index (χ4n) is 4.07. The highest BCUT2D eigenvalue weighted by atomic mass is 19.1. The van der Waals surface area contributed by atoms with Crippen molar-refractivity contribution in [3.8, 4) is 5.75 Å². The van der Waals surface area contributed by atoms with E-state index in [4.69, 9.17) is 4.74 Å². The van der Waals surface area contributed by atoms with Gasteiger partial charge in [0.2, 0.25) is 0 Å². The summed E-state index contributed by atoms with van der Waals surface area (Å²) >= 11 is 0. The second-order valence-corrected chi connectivity index (χ2v) is 8.71. The van der Waals surface area contributed by atoms with Crippen LogP contribution in [0.4, 0.5) is 33.2 Å². The quantitative estimate of drug-likeness (QED) is 0.423. The Labute approximate surface area is 208 Å². The SMILES string of the molecule is CC1CCN(c2cc(O)cc(Nc3ccc(CN=Nc4ncc(F)c(N5CCOCC5)n4)nc3)c2)N1. The van der Waals surface area contributed by atoms with E-state index in [1.165, 1.54) is 0 Å². The molecule has 2 aliphatic heterocycles. The van der Waals surface area contributed by atoms with E-state index in [0.717, 1.165) is 36.2 Å². The minimum absolute atomic E-state index is 0.0951. The van der Waals surface area contributed by atoms with Crippen molar-refractivity contribution in [2.45, 2.75) is 25.9 Å². The van der Waals surface area contributed by atoms with Gasteiger partial charge in [-0.15, -0.1) is 5.11 Å². The second kappa shape index (κ2) is 10.8. The maximum atomic E-state index is 14.2. The molecule has 2 aromatic heterocycles. The lowest BCUT2D eigenvalue weighted by atomic mass is 10.2. The van der Waals surface area contributed by atoms with E-state index in [1.807, 2.05) is 28.1 Å². The number of azo groups is 1. The molecule has 5 rings (SSSR count). The van der Waals surface area contributed by atoms with Crippen LogP contribution in [0.2, 0.25) is 0 Å². The van der Waals surface area contributed by atoms with Crippen LogP contribution < -0.4 is 20.7 Å². The maximum Gasteiger partial charge on any atom is 0.270 e. The number of benzene rings is 1. The molecule has 12 heteroatoms. The zero-order valence-electron chi connectivity index (χ0n) is 19.9. The Morgan fingerprint density at radius 3 is 2.75 bits per heavy atom. The molecule has 1 unspecified atom stereocenters. The molecule has 3 N–H and O–H groups in total. The van der Waals surface area contributed by atoms with Crippen molar-refractivity contribution in [1.29, 1.82) is 0 Å². The first kappa shape index (κ1) is 23.8. The Morgan fingerprint density at radius 2 is 2.00 bits per heavy atom. The second-order valence-electron chi connectivity index (χ2n) is 8.71. The summed E-state index contributed by atoms with van der Waals surface area (Å²) < 4.78 is 19.5. The average Bonchev–Trinajstić information content (AvgIpc) is 3.33. The molecule has 11 nitrogen and oxygen atoms in total. The third-order valence-corrected chi connectivity index (χ3v) is 5.91. The summed E-state index contributed by atoms with van der Waals surface area (Å²) in [5.74, 6) is -0.00877. The van der Waals surface area contributed by atoms with E-state index >= 15 is 0 Å². The molecule has 36 heavy (non-hydrogen) atoms. The number of hydrogen-bond acceptors (Lipinski definition) is 11. The van der Waals surface area contributed by atoms with Gasteiger partial charge in [-0.2, -0.15) is 10.1 Å². The summed E-state index contributed by atoms with van der Waals surface area (Å²) in [7, 11) is 0. The Kier molecular flexibility index (Phi) is 7.14. The molecular formula is C24H28FN9O2. The highest BCUT2D eigenvalue weighted by Crippen LogP contribution is 2.29. The average molecular weight is 494 g/mol. The number of ether oxygens (including phenoxy) is 1. The largest absolute Gasteiger partial charge is 0.508 e. The fraction of sp³-hybridized carbons (Fsp3) is 0.375. The first-order chi connectivity index (χ1) is 17.5. The van der Waals surface area contributed by atoms with Gasteiger partial charge in [-0.3, -0.25) is 4.98 Å². The number of anilines is 4. The summed E-state index contributed by atoms with van der Waals surface area (Å²) in [6.45, 7) is 5.41. The Bertz CT molecular complexity index is 1220. The van der Waals surface area contributed by atoms with Crippen molar-refractivity contribution in [3.63, 3.8) is 0 Å². The van der Waals surface area contributed by atoms with Crippen molar-refractivity contribution in [2.75, 3.05) is 48.1 Å². The van der Waals surface area contributed by atoms with Gasteiger partial charge in [0.25, 0.3) is 5.95 Å². The summed E-state index contributed by atoms with van der Waals surface area (Å²) in [6.07, 6.45) is 3.84. The van der Waals surface area contributed by atoms with Gasteiger partial charge in [-0.25, -0.2) is 14.8 Å². The zero-order valence-corrected chi connectivity index (χ0v) is 19.9. The number of halogens is 1. The molecule has 0 bridgehead atoms. The van der Waals surface area contributed by atoms with Crippen molar-refractivity contribution in [1.82, 2.24) is 20.4 Å². The number of aromatic hydroxyl groups is 1. The van der Waals surface area contributed by atoms with Crippen molar-refractivity contribution in [3.05, 3.63) is 54.2 Å². The molecule has 0 amide bonds. The van der Waals surface area contributed by atoms with Crippen molar-refractivity contribution >= 4 is 28.8 Å². The van der Waals surface area contributed by atoms with E-state index in [9.17, 15) is 9.50 Å². The highest BCUT2D eigenvalue weighted by Gasteiger charge is 2.19. The number of phenolic OH excluding ortho intramolecular Hbond substituents is 1. The fourth-order valence-corrected chi connectivity index (χ4v) is 4.07. The number of hydrogen-bond donors (Lipinski definition) is 3. The molecule has 0 aliphatic carbocycles. The van der Waals surface area contributed by atoms with Gasteiger partial charge in [0.15, 0.2) is 11.6 Å². The molecular weight excluding hydrogens is 465 g/mol. The van der Waals surface area contributed by atoms with Crippen LogP contribution in [-0.4, -0.2) is 58.9 Å². The molecule has 0 radical (unpaired) electrons. The van der Waals surface area contributed by atoms with Crippen LogP contribution in [0.15, 0.2) is 53.0 Å². The Hall–Kier alpha value is -3.90. The topological polar surface area (TPSA) is 123 Å². The summed E-state index contributed by atoms with van der Waals surface area (Å²) in [5, 5.41) is 23.6. The lowest BCUT2D eigenvalue weighted by Crippen LogP contribution is -2.37. The van der Waals surface area contributed by atoms with Gasteiger partial charge >= 0.3 is 0 Å². The van der Waals surface area contributed by atoms with Crippen LogP contribution in [0.25, 0.3) is 0 Å². The first-order valence-corrected chi connectivity index (χ1v) is 11.9. The molecule has 1 aromatic carbocycles. The zero-order chi connectivity index (χ0) is 24.9. The number of morpholine rings is 1. The smallest absolute Gasteiger partial charge is 0.270 e. The summed E-state index contributed by atoms with van der Waals surface area (Å²) in [4.78, 5) is 14.3. The number of aromatic nitrogens is 3. The molecule has 3 aromatic rings. The third-order valence-electron chi connectivity index (χ3n) is 5.91. The van der Waals surface area contributed by atoms with E-state index in [-0.39, 0.29) is 24.1 Å². The molecule has 0 saturated carbocycles. The Morgan fingerprint density at radius 1 is 1.14 bits per heavy atom. The predicted molar refractivity (Wildman–Crippen MR) is 133 cm³/mol. The van der Waals surface area contributed by atoms with Gasteiger partial charge < -0.3 is 25.1 Å².